The van der Waals surface area contributed by atoms with Gasteiger partial charge in [0.25, 0.3) is 0 Å². The van der Waals surface area contributed by atoms with Gasteiger partial charge in [0.05, 0.1) is 0 Å². The SMILES string of the molecule is Cc1cc(C)c(N2[CH-]N(c3[c-]c(Oc4[c-]c5c(cc4)c4ccccc4n5-c4cc(C(C)(C)C)ccn4)c(C(C)(C)C)cc3C(C)(C)C)c3ccccc32)c(C)c1.[Pt]. The molecule has 0 radical (unpaired) electrons. The molecule has 0 aliphatic carbocycles. The van der Waals surface area contributed by atoms with Crippen molar-refractivity contribution >= 4 is 44.6 Å². The second-order valence-electron chi connectivity index (χ2n) is 18.6. The number of ether oxygens (including phenoxy) is 1. The fraction of sp³-hybridized carbons (Fsp3) is 0.294. The number of benzene rings is 5. The molecule has 7 aromatic rings. The van der Waals surface area contributed by atoms with E-state index in [1.54, 1.807) is 0 Å². The third-order valence-corrected chi connectivity index (χ3v) is 11.0. The molecule has 5 nitrogen and oxygen atoms in total. The summed E-state index contributed by atoms with van der Waals surface area (Å²) in [6.45, 7) is 29.1. The first-order valence-electron chi connectivity index (χ1n) is 19.7. The van der Waals surface area contributed by atoms with Crippen molar-refractivity contribution in [1.29, 1.82) is 0 Å². The Balaban J connectivity index is 0.00000496. The number of hydrogen-bond donors (Lipinski definition) is 0. The molecule has 0 fully saturated rings. The van der Waals surface area contributed by atoms with Gasteiger partial charge in [0.2, 0.25) is 0 Å². The average molecular weight is 933 g/mol. The Labute approximate surface area is 354 Å². The van der Waals surface area contributed by atoms with Gasteiger partial charge < -0.3 is 19.1 Å². The Morgan fingerprint density at radius 1 is 0.632 bits per heavy atom. The van der Waals surface area contributed by atoms with Crippen molar-refractivity contribution in [3.63, 3.8) is 0 Å². The van der Waals surface area contributed by atoms with Gasteiger partial charge in [0.1, 0.15) is 5.82 Å². The summed E-state index contributed by atoms with van der Waals surface area (Å²) in [6.07, 6.45) is 1.91. The minimum Gasteiger partial charge on any atom is -0.509 e. The molecule has 6 heteroatoms. The number of fused-ring (bicyclic) bond motifs is 4. The number of hydrogen-bond acceptors (Lipinski definition) is 4. The fourth-order valence-electron chi connectivity index (χ4n) is 8.23. The summed E-state index contributed by atoms with van der Waals surface area (Å²) in [7, 11) is 0. The van der Waals surface area contributed by atoms with Crippen LogP contribution in [0, 0.1) is 39.6 Å². The van der Waals surface area contributed by atoms with Crippen molar-refractivity contribution in [3.05, 3.63) is 149 Å². The third kappa shape index (κ3) is 7.29. The summed E-state index contributed by atoms with van der Waals surface area (Å²) in [6, 6.07) is 40.1. The van der Waals surface area contributed by atoms with Gasteiger partial charge in [-0.2, -0.15) is 12.1 Å². The van der Waals surface area contributed by atoms with Crippen LogP contribution in [0.4, 0.5) is 22.7 Å². The third-order valence-electron chi connectivity index (χ3n) is 11.0. The Kier molecular flexibility index (Phi) is 10.3. The van der Waals surface area contributed by atoms with Gasteiger partial charge in [-0.15, -0.1) is 41.4 Å². The quantitative estimate of drug-likeness (QED) is 0.161. The summed E-state index contributed by atoms with van der Waals surface area (Å²) < 4.78 is 9.25. The Hall–Kier alpha value is -4.86. The summed E-state index contributed by atoms with van der Waals surface area (Å²) in [5.41, 5.74) is 13.2. The zero-order valence-electron chi connectivity index (χ0n) is 35.3. The van der Waals surface area contributed by atoms with Crippen LogP contribution in [0.2, 0.25) is 0 Å². The number of para-hydroxylation sites is 3. The first kappa shape index (κ1) is 40.3. The maximum absolute atomic E-state index is 7.03. The Bertz CT molecular complexity index is 2630. The van der Waals surface area contributed by atoms with Crippen LogP contribution >= 0.6 is 0 Å². The van der Waals surface area contributed by atoms with E-state index in [1.165, 1.54) is 33.5 Å². The number of pyridine rings is 1. The number of rotatable bonds is 5. The van der Waals surface area contributed by atoms with Gasteiger partial charge in [0, 0.05) is 61.3 Å². The fourth-order valence-corrected chi connectivity index (χ4v) is 8.23. The van der Waals surface area contributed by atoms with E-state index in [-0.39, 0.29) is 37.3 Å². The molecule has 1 aliphatic heterocycles. The van der Waals surface area contributed by atoms with Crippen molar-refractivity contribution in [2.24, 2.45) is 0 Å². The van der Waals surface area contributed by atoms with Crippen molar-refractivity contribution in [3.8, 4) is 17.3 Å². The molecule has 3 heterocycles. The van der Waals surface area contributed by atoms with E-state index in [1.807, 2.05) is 12.3 Å². The smallest absolute Gasteiger partial charge is 0.135 e. The number of aryl methyl sites for hydroxylation is 3. The largest absolute Gasteiger partial charge is 0.509 e. The summed E-state index contributed by atoms with van der Waals surface area (Å²) in [5, 5.41) is 2.25. The standard InChI is InChI=1S/C51H53N4O.Pt/c1-32-25-33(2)48(34(3)26-32)54-31-53(42-19-15-16-20-43(42)54)45-30-46(40(51(10,11)12)29-39(45)50(7,8)9)56-36-21-22-38-37-17-13-14-18-41(37)55(44(38)28-36)47-27-35(23-24-52-47)49(4,5)6;/h13-27,29,31H,1-12H3;/q-3;. The summed E-state index contributed by atoms with van der Waals surface area (Å²) >= 11 is 0. The maximum atomic E-state index is 7.03. The van der Waals surface area contributed by atoms with Crippen LogP contribution in [0.3, 0.4) is 0 Å². The molecule has 0 N–H and O–H groups in total. The van der Waals surface area contributed by atoms with Crippen LogP contribution in [0.25, 0.3) is 27.6 Å². The molecule has 0 bridgehead atoms. The number of nitrogens with zero attached hydrogens (tertiary/aromatic N) is 4. The van der Waals surface area contributed by atoms with E-state index >= 15 is 0 Å². The first-order valence-corrected chi connectivity index (χ1v) is 19.7. The average Bonchev–Trinajstić information content (AvgIpc) is 3.66. The molecular weight excluding hydrogens is 880 g/mol. The van der Waals surface area contributed by atoms with Crippen LogP contribution in [0.15, 0.2) is 97.2 Å². The number of aromatic nitrogens is 2. The molecule has 1 aliphatic rings. The van der Waals surface area contributed by atoms with E-state index in [4.69, 9.17) is 9.72 Å². The van der Waals surface area contributed by atoms with E-state index in [0.717, 1.165) is 50.2 Å². The molecule has 0 unspecified atom stereocenters. The van der Waals surface area contributed by atoms with Crippen LogP contribution in [-0.4, -0.2) is 9.55 Å². The molecule has 0 amide bonds. The van der Waals surface area contributed by atoms with Crippen LogP contribution < -0.4 is 14.5 Å². The van der Waals surface area contributed by atoms with E-state index in [2.05, 4.69) is 201 Å². The second-order valence-corrected chi connectivity index (χ2v) is 18.6. The molecule has 0 spiro atoms. The van der Waals surface area contributed by atoms with Crippen molar-refractivity contribution in [2.45, 2.75) is 99.3 Å². The summed E-state index contributed by atoms with van der Waals surface area (Å²) in [5.74, 6) is 2.18. The zero-order valence-corrected chi connectivity index (χ0v) is 37.6. The van der Waals surface area contributed by atoms with Gasteiger partial charge in [-0.3, -0.25) is 0 Å². The predicted molar refractivity (Wildman–Crippen MR) is 235 cm³/mol. The molecule has 57 heavy (non-hydrogen) atoms. The van der Waals surface area contributed by atoms with E-state index < -0.39 is 0 Å². The molecule has 296 valence electrons. The molecule has 0 atom stereocenters. The van der Waals surface area contributed by atoms with Crippen molar-refractivity contribution < 1.29 is 25.8 Å². The van der Waals surface area contributed by atoms with Gasteiger partial charge >= 0.3 is 0 Å². The zero-order chi connectivity index (χ0) is 39.9. The molecule has 8 rings (SSSR count). The molecule has 0 saturated carbocycles. The second kappa shape index (κ2) is 14.5. The normalized spacial score (nSPS) is 13.3. The minimum atomic E-state index is -0.227. The van der Waals surface area contributed by atoms with Crippen molar-refractivity contribution in [2.75, 3.05) is 9.80 Å². The molecule has 2 aromatic heterocycles. The van der Waals surface area contributed by atoms with E-state index in [0.29, 0.717) is 11.5 Å². The van der Waals surface area contributed by atoms with Crippen LogP contribution in [0.5, 0.6) is 11.5 Å². The Morgan fingerprint density at radius 2 is 1.26 bits per heavy atom. The van der Waals surface area contributed by atoms with Crippen molar-refractivity contribution in [1.82, 2.24) is 9.55 Å². The molecular formula is C51H53N4OPt-3. The monoisotopic (exact) mass is 932 g/mol. The Morgan fingerprint density at radius 3 is 1.91 bits per heavy atom. The number of anilines is 4. The first-order chi connectivity index (χ1) is 26.4. The predicted octanol–water partition coefficient (Wildman–Crippen LogP) is 13.8. The van der Waals surface area contributed by atoms with Gasteiger partial charge in [-0.25, -0.2) is 4.98 Å². The topological polar surface area (TPSA) is 33.5 Å². The van der Waals surface area contributed by atoms with Gasteiger partial charge in [-0.05, 0) is 78.6 Å². The summed E-state index contributed by atoms with van der Waals surface area (Å²) in [4.78, 5) is 9.52. The maximum Gasteiger partial charge on any atom is 0.135 e. The van der Waals surface area contributed by atoms with E-state index in [9.17, 15) is 0 Å². The van der Waals surface area contributed by atoms with Crippen LogP contribution in [-0.2, 0) is 37.3 Å². The van der Waals surface area contributed by atoms with Gasteiger partial charge in [-0.1, -0.05) is 132 Å². The molecule has 5 aromatic carbocycles. The molecule has 0 saturated heterocycles. The van der Waals surface area contributed by atoms with Gasteiger partial charge in [0.15, 0.2) is 0 Å². The van der Waals surface area contributed by atoms with Crippen LogP contribution in [0.1, 0.15) is 95.7 Å². The minimum absolute atomic E-state index is 0.